The number of thiophene rings is 1. The second-order valence-electron chi connectivity index (χ2n) is 4.89. The SMILES string of the molecule is CC(=O)C1=C(C)N=C(C)C(C(C)=O)C1c1cccs1. The molecule has 1 aliphatic rings. The van der Waals surface area contributed by atoms with Crippen molar-refractivity contribution in [2.75, 3.05) is 0 Å². The zero-order valence-electron chi connectivity index (χ0n) is 11.6. The topological polar surface area (TPSA) is 46.5 Å². The minimum Gasteiger partial charge on any atom is -0.299 e. The number of aliphatic imine (C=N–C) groups is 1. The lowest BCUT2D eigenvalue weighted by atomic mass is 9.76. The molecule has 100 valence electrons. The molecule has 0 saturated carbocycles. The van der Waals surface area contributed by atoms with E-state index in [-0.39, 0.29) is 23.4 Å². The van der Waals surface area contributed by atoms with Crippen molar-refractivity contribution in [3.05, 3.63) is 33.7 Å². The van der Waals surface area contributed by atoms with E-state index in [2.05, 4.69) is 4.99 Å². The summed E-state index contributed by atoms with van der Waals surface area (Å²) >= 11 is 1.58. The Morgan fingerprint density at radius 3 is 2.42 bits per heavy atom. The van der Waals surface area contributed by atoms with Gasteiger partial charge in [-0.25, -0.2) is 0 Å². The molecule has 2 heterocycles. The van der Waals surface area contributed by atoms with Crippen LogP contribution in [-0.4, -0.2) is 17.3 Å². The fourth-order valence-corrected chi connectivity index (χ4v) is 3.68. The van der Waals surface area contributed by atoms with E-state index in [1.807, 2.05) is 31.4 Å². The van der Waals surface area contributed by atoms with Gasteiger partial charge in [-0.2, -0.15) is 0 Å². The molecule has 0 aliphatic carbocycles. The molecule has 19 heavy (non-hydrogen) atoms. The van der Waals surface area contributed by atoms with E-state index in [9.17, 15) is 9.59 Å². The normalized spacial score (nSPS) is 23.3. The highest BCUT2D eigenvalue weighted by atomic mass is 32.1. The summed E-state index contributed by atoms with van der Waals surface area (Å²) in [6.45, 7) is 6.83. The second kappa shape index (κ2) is 5.21. The molecule has 0 aromatic carbocycles. The van der Waals surface area contributed by atoms with Crippen molar-refractivity contribution in [1.82, 2.24) is 0 Å². The molecule has 0 amide bonds. The maximum absolute atomic E-state index is 12.0. The van der Waals surface area contributed by atoms with Crippen molar-refractivity contribution in [3.8, 4) is 0 Å². The summed E-state index contributed by atoms with van der Waals surface area (Å²) in [5, 5.41) is 1.97. The molecule has 1 aromatic rings. The lowest BCUT2D eigenvalue weighted by Crippen LogP contribution is -2.33. The molecule has 0 N–H and O–H groups in total. The molecular weight excluding hydrogens is 258 g/mol. The second-order valence-corrected chi connectivity index (χ2v) is 5.87. The lowest BCUT2D eigenvalue weighted by molar-refractivity contribution is -0.119. The van der Waals surface area contributed by atoms with Gasteiger partial charge in [0, 0.05) is 27.8 Å². The standard InChI is InChI=1S/C15H17NO2S/c1-8-13(10(3)17)15(12-6-5-7-19-12)14(11(4)18)9(2)16-8/h5-7,13,15H,1-4H3. The molecule has 2 atom stereocenters. The smallest absolute Gasteiger partial charge is 0.158 e. The Balaban J connectivity index is 2.63. The van der Waals surface area contributed by atoms with Crippen LogP contribution in [0.4, 0.5) is 0 Å². The number of Topliss-reactive ketones (excluding diaryl/α,β-unsaturated/α-hetero) is 2. The minimum absolute atomic E-state index is 0.00148. The van der Waals surface area contributed by atoms with E-state index in [0.717, 1.165) is 16.3 Å². The number of ketones is 2. The van der Waals surface area contributed by atoms with Gasteiger partial charge < -0.3 is 0 Å². The predicted octanol–water partition coefficient (Wildman–Crippen LogP) is 3.37. The molecule has 1 aromatic heterocycles. The van der Waals surface area contributed by atoms with Crippen molar-refractivity contribution in [1.29, 1.82) is 0 Å². The van der Waals surface area contributed by atoms with Crippen LogP contribution in [0.15, 0.2) is 33.8 Å². The maximum Gasteiger partial charge on any atom is 0.158 e. The van der Waals surface area contributed by atoms with Crippen LogP contribution in [0.2, 0.25) is 0 Å². The largest absolute Gasteiger partial charge is 0.299 e. The van der Waals surface area contributed by atoms with E-state index < -0.39 is 0 Å². The number of nitrogens with zero attached hydrogens (tertiary/aromatic N) is 1. The van der Waals surface area contributed by atoms with Gasteiger partial charge in [0.1, 0.15) is 5.78 Å². The average molecular weight is 275 g/mol. The Hall–Kier alpha value is -1.55. The van der Waals surface area contributed by atoms with Gasteiger partial charge in [-0.15, -0.1) is 11.3 Å². The molecular formula is C15H17NO2S. The number of carbonyl (C=O) groups is 2. The molecule has 0 spiro atoms. The van der Waals surface area contributed by atoms with Crippen LogP contribution in [0.3, 0.4) is 0 Å². The van der Waals surface area contributed by atoms with Crippen molar-refractivity contribution >= 4 is 28.6 Å². The zero-order valence-corrected chi connectivity index (χ0v) is 12.4. The molecule has 3 nitrogen and oxygen atoms in total. The van der Waals surface area contributed by atoms with Crippen LogP contribution < -0.4 is 0 Å². The summed E-state index contributed by atoms with van der Waals surface area (Å²) in [5.74, 6) is -0.432. The van der Waals surface area contributed by atoms with Crippen LogP contribution in [0.5, 0.6) is 0 Å². The van der Waals surface area contributed by atoms with Gasteiger partial charge in [0.2, 0.25) is 0 Å². The van der Waals surface area contributed by atoms with Crippen molar-refractivity contribution in [2.45, 2.75) is 33.6 Å². The van der Waals surface area contributed by atoms with Gasteiger partial charge >= 0.3 is 0 Å². The van der Waals surface area contributed by atoms with E-state index >= 15 is 0 Å². The Morgan fingerprint density at radius 2 is 1.95 bits per heavy atom. The van der Waals surface area contributed by atoms with E-state index in [0.29, 0.717) is 5.57 Å². The highest BCUT2D eigenvalue weighted by Crippen LogP contribution is 2.41. The van der Waals surface area contributed by atoms with Crippen LogP contribution in [0, 0.1) is 5.92 Å². The maximum atomic E-state index is 12.0. The van der Waals surface area contributed by atoms with Crippen molar-refractivity contribution in [2.24, 2.45) is 10.9 Å². The molecule has 0 fully saturated rings. The highest BCUT2D eigenvalue weighted by molar-refractivity contribution is 7.10. The number of rotatable bonds is 3. The summed E-state index contributed by atoms with van der Waals surface area (Å²) in [5.41, 5.74) is 2.21. The number of allylic oxidation sites excluding steroid dienone is 2. The Kier molecular flexibility index (Phi) is 3.80. The third kappa shape index (κ3) is 2.45. The first-order chi connectivity index (χ1) is 8.93. The van der Waals surface area contributed by atoms with Crippen LogP contribution in [0.25, 0.3) is 0 Å². The number of hydrogen-bond donors (Lipinski definition) is 0. The van der Waals surface area contributed by atoms with Gasteiger partial charge in [-0.3, -0.25) is 14.6 Å². The lowest BCUT2D eigenvalue weighted by Gasteiger charge is -2.30. The first kappa shape index (κ1) is 13.9. The Bertz CT molecular complexity index is 581. The minimum atomic E-state index is -0.318. The molecule has 0 saturated heterocycles. The molecule has 0 bridgehead atoms. The van der Waals surface area contributed by atoms with Crippen LogP contribution >= 0.6 is 11.3 Å². The van der Waals surface area contributed by atoms with E-state index in [1.54, 1.807) is 25.2 Å². The van der Waals surface area contributed by atoms with E-state index in [4.69, 9.17) is 0 Å². The molecule has 2 unspecified atom stereocenters. The Morgan fingerprint density at radius 1 is 1.26 bits per heavy atom. The molecule has 0 radical (unpaired) electrons. The fourth-order valence-electron chi connectivity index (χ4n) is 2.80. The van der Waals surface area contributed by atoms with E-state index in [1.165, 1.54) is 0 Å². The zero-order chi connectivity index (χ0) is 14.2. The predicted molar refractivity (Wildman–Crippen MR) is 77.7 cm³/mol. The number of hydrogen-bond acceptors (Lipinski definition) is 4. The van der Waals surface area contributed by atoms with Gasteiger partial charge in [-0.05, 0) is 39.1 Å². The fraction of sp³-hybridized carbons (Fsp3) is 0.400. The summed E-state index contributed by atoms with van der Waals surface area (Å²) in [4.78, 5) is 29.4. The van der Waals surface area contributed by atoms with Gasteiger partial charge in [0.15, 0.2) is 5.78 Å². The molecule has 1 aliphatic heterocycles. The Labute approximate surface area is 117 Å². The van der Waals surface area contributed by atoms with Crippen molar-refractivity contribution in [3.63, 3.8) is 0 Å². The van der Waals surface area contributed by atoms with Crippen molar-refractivity contribution < 1.29 is 9.59 Å². The molecule has 4 heteroatoms. The average Bonchev–Trinajstić information content (AvgIpc) is 2.79. The summed E-state index contributed by atoms with van der Waals surface area (Å²) in [7, 11) is 0. The first-order valence-corrected chi connectivity index (χ1v) is 7.12. The first-order valence-electron chi connectivity index (χ1n) is 6.24. The summed E-state index contributed by atoms with van der Waals surface area (Å²) < 4.78 is 0. The quantitative estimate of drug-likeness (QED) is 0.849. The summed E-state index contributed by atoms with van der Waals surface area (Å²) in [6.07, 6.45) is 0. The van der Waals surface area contributed by atoms with Gasteiger partial charge in [0.25, 0.3) is 0 Å². The van der Waals surface area contributed by atoms with Crippen LogP contribution in [-0.2, 0) is 9.59 Å². The third-order valence-corrected chi connectivity index (χ3v) is 4.45. The monoisotopic (exact) mass is 275 g/mol. The third-order valence-electron chi connectivity index (χ3n) is 3.50. The molecule has 2 rings (SSSR count). The summed E-state index contributed by atoms with van der Waals surface area (Å²) in [6, 6.07) is 3.94. The highest BCUT2D eigenvalue weighted by Gasteiger charge is 2.38. The van der Waals surface area contributed by atoms with Crippen LogP contribution in [0.1, 0.15) is 38.5 Å². The van der Waals surface area contributed by atoms with Gasteiger partial charge in [0.05, 0.1) is 5.92 Å². The number of carbonyl (C=O) groups excluding carboxylic acids is 2. The van der Waals surface area contributed by atoms with Gasteiger partial charge in [-0.1, -0.05) is 6.07 Å².